The molecule has 0 unspecified atom stereocenters. The second-order valence-corrected chi connectivity index (χ2v) is 9.42. The number of amides is 1. The van der Waals surface area contributed by atoms with Crippen LogP contribution >= 0.6 is 0 Å². The zero-order valence-electron chi connectivity index (χ0n) is 19.0. The molecule has 1 aliphatic carbocycles. The van der Waals surface area contributed by atoms with Gasteiger partial charge in [0.15, 0.2) is 0 Å². The molecule has 0 radical (unpaired) electrons. The maximum atomic E-state index is 13.7. The topological polar surface area (TPSA) is 59.2 Å². The third-order valence-corrected chi connectivity index (χ3v) is 7.20. The number of nitrogens with zero attached hydrogens (tertiary/aromatic N) is 3. The Morgan fingerprint density at radius 3 is 2.58 bits per heavy atom. The van der Waals surface area contributed by atoms with Crippen LogP contribution in [0.15, 0.2) is 53.1 Å². The lowest BCUT2D eigenvalue weighted by molar-refractivity contribution is -0.137. The van der Waals surface area contributed by atoms with Crippen molar-refractivity contribution in [2.24, 2.45) is 5.92 Å². The van der Waals surface area contributed by atoms with Crippen LogP contribution in [0.4, 0.5) is 4.39 Å². The predicted molar refractivity (Wildman–Crippen MR) is 124 cm³/mol. The lowest BCUT2D eigenvalue weighted by Gasteiger charge is -2.38. The van der Waals surface area contributed by atoms with Gasteiger partial charge in [0.05, 0.1) is 5.92 Å². The summed E-state index contributed by atoms with van der Waals surface area (Å²) < 4.78 is 19.3. The number of aromatic nitrogens is 2. The predicted octanol–water partition coefficient (Wildman–Crippen LogP) is 5.73. The lowest BCUT2D eigenvalue weighted by atomic mass is 9.83. The maximum absolute atomic E-state index is 13.7. The highest BCUT2D eigenvalue weighted by Gasteiger charge is 2.37. The quantitative estimate of drug-likeness (QED) is 0.501. The van der Waals surface area contributed by atoms with Gasteiger partial charge in [0, 0.05) is 30.5 Å². The summed E-state index contributed by atoms with van der Waals surface area (Å²) in [5, 5.41) is 4.11. The molecule has 1 aromatic heterocycles. The molecule has 2 atom stereocenters. The van der Waals surface area contributed by atoms with Crippen molar-refractivity contribution in [2.45, 2.75) is 57.3 Å². The third kappa shape index (κ3) is 4.70. The van der Waals surface area contributed by atoms with E-state index in [9.17, 15) is 9.18 Å². The fraction of sp³-hybridized carbons (Fsp3) is 0.444. The molecule has 3 aromatic rings. The normalized spacial score (nSPS) is 21.5. The molecule has 33 heavy (non-hydrogen) atoms. The van der Waals surface area contributed by atoms with Gasteiger partial charge >= 0.3 is 0 Å². The summed E-state index contributed by atoms with van der Waals surface area (Å²) in [5.74, 6) is 1.13. The van der Waals surface area contributed by atoms with E-state index in [0.717, 1.165) is 45.1 Å². The number of rotatable bonds is 5. The lowest BCUT2D eigenvalue weighted by Crippen LogP contribution is -2.44. The van der Waals surface area contributed by atoms with Crippen LogP contribution in [0.2, 0.25) is 0 Å². The first-order valence-corrected chi connectivity index (χ1v) is 12.1. The first-order chi connectivity index (χ1) is 16.1. The van der Waals surface area contributed by atoms with Crippen molar-refractivity contribution in [2.75, 3.05) is 13.1 Å². The number of carbonyl (C=O) groups is 1. The summed E-state index contributed by atoms with van der Waals surface area (Å²) in [6.45, 7) is 3.46. The molecule has 2 aromatic carbocycles. The monoisotopic (exact) mass is 447 g/mol. The number of piperidine rings is 1. The molecule has 0 N–H and O–H groups in total. The molecule has 1 amide bonds. The third-order valence-electron chi connectivity index (χ3n) is 7.20. The zero-order chi connectivity index (χ0) is 22.8. The Balaban J connectivity index is 1.42. The molecule has 5 rings (SSSR count). The van der Waals surface area contributed by atoms with Gasteiger partial charge in [-0.25, -0.2) is 4.39 Å². The van der Waals surface area contributed by atoms with Gasteiger partial charge in [-0.1, -0.05) is 61.3 Å². The average Bonchev–Trinajstić information content (AvgIpc) is 3.56. The van der Waals surface area contributed by atoms with Gasteiger partial charge in [0.25, 0.3) is 0 Å². The van der Waals surface area contributed by atoms with E-state index in [1.54, 1.807) is 12.1 Å². The van der Waals surface area contributed by atoms with Crippen molar-refractivity contribution in [3.63, 3.8) is 0 Å². The number of hydrogen-bond acceptors (Lipinski definition) is 4. The van der Waals surface area contributed by atoms with Gasteiger partial charge in [-0.15, -0.1) is 0 Å². The Morgan fingerprint density at radius 1 is 1.09 bits per heavy atom. The summed E-state index contributed by atoms with van der Waals surface area (Å²) in [7, 11) is 0. The molecular weight excluding hydrogens is 417 g/mol. The first-order valence-electron chi connectivity index (χ1n) is 12.1. The smallest absolute Gasteiger partial charge is 0.231 e. The molecule has 0 spiro atoms. The highest BCUT2D eigenvalue weighted by Crippen LogP contribution is 2.38. The van der Waals surface area contributed by atoms with Crippen molar-refractivity contribution in [3.8, 4) is 11.4 Å². The second-order valence-electron chi connectivity index (χ2n) is 9.42. The minimum atomic E-state index is -0.333. The van der Waals surface area contributed by atoms with Gasteiger partial charge in [-0.3, -0.25) is 4.79 Å². The van der Waals surface area contributed by atoms with Crippen LogP contribution in [0.1, 0.15) is 67.9 Å². The van der Waals surface area contributed by atoms with Gasteiger partial charge < -0.3 is 9.42 Å². The van der Waals surface area contributed by atoms with Crippen LogP contribution < -0.4 is 0 Å². The minimum Gasteiger partial charge on any atom is -0.341 e. The Kier molecular flexibility index (Phi) is 6.25. The van der Waals surface area contributed by atoms with Crippen LogP contribution in [0.5, 0.6) is 0 Å². The summed E-state index contributed by atoms with van der Waals surface area (Å²) in [6.07, 6.45) is 6.09. The number of hydrogen-bond donors (Lipinski definition) is 0. The molecule has 0 bridgehead atoms. The highest BCUT2D eigenvalue weighted by molar-refractivity contribution is 5.79. The molecule has 172 valence electrons. The number of carbonyl (C=O) groups excluding carboxylic acids is 1. The molecule has 2 heterocycles. The van der Waals surface area contributed by atoms with Gasteiger partial charge in [-0.2, -0.15) is 4.98 Å². The minimum absolute atomic E-state index is 0.0465. The highest BCUT2D eigenvalue weighted by atomic mass is 19.1. The number of halogens is 1. The average molecular weight is 448 g/mol. The standard InChI is InChI=1S/C27H30FN3O2/c1-2-18-10-12-19(13-11-18)22-14-23(17-31(16-22)27(32)20-6-3-4-7-20)26-29-25(30-33-26)21-8-5-9-24(28)15-21/h5,8-13,15,20,22-23H,2-4,6-7,14,16-17H2,1H3/t22-,23+/m1/s1. The van der Waals surface area contributed by atoms with E-state index in [-0.39, 0.29) is 29.5 Å². The molecule has 2 aliphatic rings. The summed E-state index contributed by atoms with van der Waals surface area (Å²) >= 11 is 0. The van der Waals surface area contributed by atoms with Crippen LogP contribution in [0.25, 0.3) is 11.4 Å². The van der Waals surface area contributed by atoms with E-state index in [4.69, 9.17) is 4.52 Å². The Morgan fingerprint density at radius 2 is 1.85 bits per heavy atom. The van der Waals surface area contributed by atoms with E-state index >= 15 is 0 Å². The molecular formula is C27H30FN3O2. The van der Waals surface area contributed by atoms with Crippen molar-refractivity contribution in [3.05, 3.63) is 71.4 Å². The van der Waals surface area contributed by atoms with Crippen molar-refractivity contribution >= 4 is 5.91 Å². The van der Waals surface area contributed by atoms with Gasteiger partial charge in [0.2, 0.25) is 17.6 Å². The largest absolute Gasteiger partial charge is 0.341 e. The van der Waals surface area contributed by atoms with Crippen molar-refractivity contribution in [1.29, 1.82) is 0 Å². The van der Waals surface area contributed by atoms with Crippen molar-refractivity contribution < 1.29 is 13.7 Å². The van der Waals surface area contributed by atoms with E-state index in [1.165, 1.54) is 23.3 Å². The number of benzene rings is 2. The second kappa shape index (κ2) is 9.46. The maximum Gasteiger partial charge on any atom is 0.231 e. The molecule has 6 heteroatoms. The van der Waals surface area contributed by atoms with E-state index < -0.39 is 0 Å². The van der Waals surface area contributed by atoms with E-state index in [1.807, 2.05) is 4.90 Å². The van der Waals surface area contributed by atoms with Crippen LogP contribution in [-0.4, -0.2) is 34.0 Å². The number of likely N-dealkylation sites (tertiary alicyclic amines) is 1. The summed E-state index contributed by atoms with van der Waals surface area (Å²) in [6, 6.07) is 14.9. The Bertz CT molecular complexity index is 1100. The van der Waals surface area contributed by atoms with Crippen molar-refractivity contribution in [1.82, 2.24) is 15.0 Å². The first kappa shape index (κ1) is 21.8. The zero-order valence-corrected chi connectivity index (χ0v) is 19.0. The van der Waals surface area contributed by atoms with Gasteiger partial charge in [0.1, 0.15) is 5.82 Å². The Labute approximate surface area is 194 Å². The van der Waals surface area contributed by atoms with E-state index in [0.29, 0.717) is 23.8 Å². The number of aryl methyl sites for hydroxylation is 1. The molecule has 1 saturated carbocycles. The molecule has 5 nitrogen and oxygen atoms in total. The van der Waals surface area contributed by atoms with E-state index in [2.05, 4.69) is 41.3 Å². The van der Waals surface area contributed by atoms with Gasteiger partial charge in [-0.05, 0) is 48.9 Å². The van der Waals surface area contributed by atoms with Crippen LogP contribution in [0.3, 0.4) is 0 Å². The molecule has 1 saturated heterocycles. The Hall–Kier alpha value is -3.02. The summed E-state index contributed by atoms with van der Waals surface area (Å²) in [5.41, 5.74) is 3.14. The summed E-state index contributed by atoms with van der Waals surface area (Å²) in [4.78, 5) is 20.0. The molecule has 1 aliphatic heterocycles. The molecule has 2 fully saturated rings. The fourth-order valence-corrected chi connectivity index (χ4v) is 5.30. The SMILES string of the molecule is CCc1ccc([C@@H]2C[C@H](c3nc(-c4cccc(F)c4)no3)CN(C(=O)C3CCCC3)C2)cc1. The fourth-order valence-electron chi connectivity index (χ4n) is 5.30. The van der Waals surface area contributed by atoms with Crippen LogP contribution in [0, 0.1) is 11.7 Å². The van der Waals surface area contributed by atoms with Crippen LogP contribution in [-0.2, 0) is 11.2 Å².